The van der Waals surface area contributed by atoms with E-state index in [4.69, 9.17) is 8.83 Å². The van der Waals surface area contributed by atoms with Crippen LogP contribution < -0.4 is 5.63 Å². The highest BCUT2D eigenvalue weighted by Crippen LogP contribution is 2.22. The van der Waals surface area contributed by atoms with Gasteiger partial charge in [-0.15, -0.1) is 0 Å². The lowest BCUT2D eigenvalue weighted by molar-refractivity contribution is 0.227. The molecule has 2 aromatic carbocycles. The number of fused-ring (bicyclic) bond motifs is 1. The van der Waals surface area contributed by atoms with Gasteiger partial charge >= 0.3 is 5.63 Å². The van der Waals surface area contributed by atoms with E-state index in [9.17, 15) is 4.79 Å². The van der Waals surface area contributed by atoms with E-state index in [1.165, 1.54) is 5.56 Å². The molecule has 0 aliphatic rings. The maximum Gasteiger partial charge on any atom is 0.336 e. The van der Waals surface area contributed by atoms with E-state index < -0.39 is 0 Å². The summed E-state index contributed by atoms with van der Waals surface area (Å²) in [6.45, 7) is 4.14. The van der Waals surface area contributed by atoms with Crippen LogP contribution in [0.15, 0.2) is 86.6 Å². The molecule has 0 aliphatic heterocycles. The van der Waals surface area contributed by atoms with E-state index in [1.807, 2.05) is 36.4 Å². The SMILES string of the molecule is CCc1ccc2c(CN(Cc3ccccc3)Cc3ccco3)cc(=O)oc2c1. The second-order valence-corrected chi connectivity index (χ2v) is 6.98. The molecule has 0 amide bonds. The number of rotatable bonds is 7. The van der Waals surface area contributed by atoms with Crippen LogP contribution in [0.3, 0.4) is 0 Å². The lowest BCUT2D eigenvalue weighted by Gasteiger charge is -2.22. The van der Waals surface area contributed by atoms with Gasteiger partial charge in [-0.2, -0.15) is 0 Å². The molecule has 0 saturated carbocycles. The smallest absolute Gasteiger partial charge is 0.336 e. The van der Waals surface area contributed by atoms with Gasteiger partial charge in [-0.25, -0.2) is 4.79 Å². The molecule has 0 spiro atoms. The summed E-state index contributed by atoms with van der Waals surface area (Å²) in [5.74, 6) is 0.900. The molecule has 142 valence electrons. The third kappa shape index (κ3) is 4.24. The summed E-state index contributed by atoms with van der Waals surface area (Å²) in [6, 6.07) is 21.9. The fourth-order valence-electron chi connectivity index (χ4n) is 3.50. The number of nitrogens with zero attached hydrogens (tertiary/aromatic N) is 1. The van der Waals surface area contributed by atoms with Gasteiger partial charge in [-0.3, -0.25) is 4.90 Å². The average Bonchev–Trinajstić information content (AvgIpc) is 3.21. The van der Waals surface area contributed by atoms with Crippen LogP contribution in [0.4, 0.5) is 0 Å². The first-order valence-corrected chi connectivity index (χ1v) is 9.55. The van der Waals surface area contributed by atoms with E-state index >= 15 is 0 Å². The van der Waals surface area contributed by atoms with Crippen molar-refractivity contribution in [2.75, 3.05) is 0 Å². The molecule has 0 unspecified atom stereocenters. The van der Waals surface area contributed by atoms with Crippen LogP contribution in [-0.2, 0) is 26.1 Å². The Balaban J connectivity index is 1.68. The maximum atomic E-state index is 12.2. The van der Waals surface area contributed by atoms with Crippen LogP contribution in [0.2, 0.25) is 0 Å². The standard InChI is InChI=1S/C24H23NO3/c1-2-18-10-11-22-20(14-24(26)28-23(22)13-18)16-25(17-21-9-6-12-27-21)15-19-7-4-3-5-8-19/h3-14H,2,15-17H2,1H3. The number of hydrogen-bond acceptors (Lipinski definition) is 4. The van der Waals surface area contributed by atoms with Gasteiger partial charge in [0.25, 0.3) is 0 Å². The minimum Gasteiger partial charge on any atom is -0.468 e. The normalized spacial score (nSPS) is 11.4. The van der Waals surface area contributed by atoms with Crippen molar-refractivity contribution in [2.45, 2.75) is 33.0 Å². The second kappa shape index (κ2) is 8.28. The molecule has 0 aliphatic carbocycles. The minimum atomic E-state index is -0.312. The summed E-state index contributed by atoms with van der Waals surface area (Å²) in [4.78, 5) is 14.4. The Hall–Kier alpha value is -3.11. The van der Waals surface area contributed by atoms with Crippen LogP contribution in [0.5, 0.6) is 0 Å². The molecule has 2 heterocycles. The highest BCUT2D eigenvalue weighted by molar-refractivity contribution is 5.80. The van der Waals surface area contributed by atoms with Crippen LogP contribution in [0.25, 0.3) is 11.0 Å². The molecule has 0 N–H and O–H groups in total. The Bertz CT molecular complexity index is 1100. The third-order valence-corrected chi connectivity index (χ3v) is 4.91. The Morgan fingerprint density at radius 1 is 0.857 bits per heavy atom. The summed E-state index contributed by atoms with van der Waals surface area (Å²) in [5, 5.41) is 0.981. The molecular formula is C24H23NO3. The van der Waals surface area contributed by atoms with Crippen LogP contribution in [0, 0.1) is 0 Å². The fourth-order valence-corrected chi connectivity index (χ4v) is 3.50. The van der Waals surface area contributed by atoms with Crippen LogP contribution in [-0.4, -0.2) is 4.90 Å². The summed E-state index contributed by atoms with van der Waals surface area (Å²) in [7, 11) is 0. The van der Waals surface area contributed by atoms with Crippen molar-refractivity contribution in [2.24, 2.45) is 0 Å². The van der Waals surface area contributed by atoms with Gasteiger partial charge in [0.2, 0.25) is 0 Å². The second-order valence-electron chi connectivity index (χ2n) is 6.98. The zero-order valence-corrected chi connectivity index (χ0v) is 15.9. The Kier molecular flexibility index (Phi) is 5.40. The van der Waals surface area contributed by atoms with Gasteiger partial charge in [0.1, 0.15) is 11.3 Å². The van der Waals surface area contributed by atoms with Crippen molar-refractivity contribution in [3.63, 3.8) is 0 Å². The zero-order chi connectivity index (χ0) is 19.3. The van der Waals surface area contributed by atoms with E-state index in [-0.39, 0.29) is 5.63 Å². The van der Waals surface area contributed by atoms with Gasteiger partial charge in [-0.05, 0) is 41.3 Å². The molecule has 2 aromatic heterocycles. The highest BCUT2D eigenvalue weighted by Gasteiger charge is 2.14. The maximum absolute atomic E-state index is 12.2. The van der Waals surface area contributed by atoms with E-state index in [0.717, 1.165) is 35.2 Å². The molecule has 4 nitrogen and oxygen atoms in total. The molecule has 4 heteroatoms. The molecule has 0 radical (unpaired) electrons. The topological polar surface area (TPSA) is 46.6 Å². The molecule has 28 heavy (non-hydrogen) atoms. The number of hydrogen-bond donors (Lipinski definition) is 0. The van der Waals surface area contributed by atoms with E-state index in [1.54, 1.807) is 12.3 Å². The van der Waals surface area contributed by atoms with E-state index in [0.29, 0.717) is 18.7 Å². The first-order chi connectivity index (χ1) is 13.7. The monoisotopic (exact) mass is 373 g/mol. The lowest BCUT2D eigenvalue weighted by atomic mass is 10.1. The molecule has 0 fully saturated rings. The Morgan fingerprint density at radius 3 is 2.46 bits per heavy atom. The minimum absolute atomic E-state index is 0.312. The van der Waals surface area contributed by atoms with Crippen molar-refractivity contribution in [1.29, 1.82) is 0 Å². The van der Waals surface area contributed by atoms with E-state index in [2.05, 4.69) is 36.1 Å². The first-order valence-electron chi connectivity index (χ1n) is 9.55. The largest absolute Gasteiger partial charge is 0.468 e. The van der Waals surface area contributed by atoms with Crippen LogP contribution >= 0.6 is 0 Å². The molecule has 0 saturated heterocycles. The van der Waals surface area contributed by atoms with Crippen molar-refractivity contribution >= 4 is 11.0 Å². The molecule has 0 bridgehead atoms. The van der Waals surface area contributed by atoms with Gasteiger partial charge in [0.15, 0.2) is 0 Å². The quantitative estimate of drug-likeness (QED) is 0.420. The zero-order valence-electron chi connectivity index (χ0n) is 15.9. The summed E-state index contributed by atoms with van der Waals surface area (Å²) >= 11 is 0. The lowest BCUT2D eigenvalue weighted by Crippen LogP contribution is -2.23. The highest BCUT2D eigenvalue weighted by atomic mass is 16.4. The van der Waals surface area contributed by atoms with Gasteiger partial charge < -0.3 is 8.83 Å². The van der Waals surface area contributed by atoms with Gasteiger partial charge in [0.05, 0.1) is 12.8 Å². The van der Waals surface area contributed by atoms with Crippen molar-refractivity contribution in [3.05, 3.63) is 106 Å². The third-order valence-electron chi connectivity index (χ3n) is 4.91. The van der Waals surface area contributed by atoms with Gasteiger partial charge in [-0.1, -0.05) is 49.4 Å². The fraction of sp³-hybridized carbons (Fsp3) is 0.208. The predicted molar refractivity (Wildman–Crippen MR) is 110 cm³/mol. The number of furan rings is 1. The molecular weight excluding hydrogens is 350 g/mol. The summed E-state index contributed by atoms with van der Waals surface area (Å²) in [5.41, 5.74) is 3.68. The molecule has 0 atom stereocenters. The molecule has 4 aromatic rings. The van der Waals surface area contributed by atoms with Crippen molar-refractivity contribution < 1.29 is 8.83 Å². The number of benzene rings is 2. The summed E-state index contributed by atoms with van der Waals surface area (Å²) in [6.07, 6.45) is 2.59. The predicted octanol–water partition coefficient (Wildman–Crippen LogP) is 5.15. The van der Waals surface area contributed by atoms with Crippen molar-refractivity contribution in [3.8, 4) is 0 Å². The van der Waals surface area contributed by atoms with Crippen LogP contribution in [0.1, 0.15) is 29.4 Å². The average molecular weight is 373 g/mol. The molecule has 4 rings (SSSR count). The summed E-state index contributed by atoms with van der Waals surface area (Å²) < 4.78 is 11.0. The Morgan fingerprint density at radius 2 is 1.71 bits per heavy atom. The van der Waals surface area contributed by atoms with Gasteiger partial charge in [0, 0.05) is 24.5 Å². The first kappa shape index (κ1) is 18.3. The van der Waals surface area contributed by atoms with Crippen molar-refractivity contribution in [1.82, 2.24) is 4.90 Å². The number of aryl methyl sites for hydroxylation is 1. The Labute approximate surface area is 164 Å².